The van der Waals surface area contributed by atoms with E-state index in [4.69, 9.17) is 9.47 Å². The number of methoxy groups -OCH3 is 2. The largest absolute Gasteiger partial charge is 0.493 e. The number of benzene rings is 2. The third-order valence-corrected chi connectivity index (χ3v) is 6.99. The molecule has 30 heavy (non-hydrogen) atoms. The summed E-state index contributed by atoms with van der Waals surface area (Å²) in [7, 11) is -1.07. The molecule has 1 fully saturated rings. The molecule has 1 saturated heterocycles. The van der Waals surface area contributed by atoms with Gasteiger partial charge in [0.05, 0.1) is 24.8 Å². The average molecular weight is 433 g/mol. The average Bonchev–Trinajstić information content (AvgIpc) is 3.07. The molecule has 0 radical (unpaired) electrons. The monoisotopic (exact) mass is 432 g/mol. The van der Waals surface area contributed by atoms with E-state index in [0.29, 0.717) is 30.3 Å². The van der Waals surface area contributed by atoms with Crippen molar-refractivity contribution in [1.82, 2.24) is 4.90 Å². The number of hydrogen-bond donors (Lipinski definition) is 0. The third kappa shape index (κ3) is 4.87. The molecular weight excluding hydrogens is 404 g/mol. The Morgan fingerprint density at radius 1 is 0.933 bits per heavy atom. The fraction of sp³-hybridized carbons (Fsp3) is 0.409. The first-order valence-corrected chi connectivity index (χ1v) is 11.5. The Labute approximate surface area is 178 Å². The van der Waals surface area contributed by atoms with Crippen molar-refractivity contribution < 1.29 is 22.7 Å². The predicted molar refractivity (Wildman–Crippen MR) is 116 cm³/mol. The summed E-state index contributed by atoms with van der Waals surface area (Å²) >= 11 is 0. The quantitative estimate of drug-likeness (QED) is 0.671. The van der Waals surface area contributed by atoms with Crippen LogP contribution in [0.25, 0.3) is 0 Å². The summed E-state index contributed by atoms with van der Waals surface area (Å²) in [5.41, 5.74) is 0.440. The minimum Gasteiger partial charge on any atom is -0.493 e. The molecule has 0 N–H and O–H groups in total. The molecule has 1 aliphatic rings. The Morgan fingerprint density at radius 3 is 2.17 bits per heavy atom. The first-order valence-electron chi connectivity index (χ1n) is 10.0. The Kier molecular flexibility index (Phi) is 7.20. The van der Waals surface area contributed by atoms with Gasteiger partial charge in [0, 0.05) is 19.2 Å². The molecule has 0 atom stereocenters. The zero-order valence-corrected chi connectivity index (χ0v) is 18.2. The molecule has 2 aromatic rings. The van der Waals surface area contributed by atoms with E-state index in [2.05, 4.69) is 0 Å². The van der Waals surface area contributed by atoms with Gasteiger partial charge in [-0.2, -0.15) is 0 Å². The van der Waals surface area contributed by atoms with Crippen LogP contribution in [0.15, 0.2) is 53.4 Å². The molecule has 0 unspecified atom stereocenters. The van der Waals surface area contributed by atoms with Gasteiger partial charge in [-0.05, 0) is 37.1 Å². The number of amides is 1. The van der Waals surface area contributed by atoms with Crippen LogP contribution < -0.4 is 13.8 Å². The number of carbonyl (C=O) groups excluding carboxylic acids is 1. The van der Waals surface area contributed by atoms with Crippen LogP contribution in [0.4, 0.5) is 5.69 Å². The molecule has 0 saturated carbocycles. The molecule has 3 rings (SSSR count). The Hall–Kier alpha value is -2.74. The highest BCUT2D eigenvalue weighted by atomic mass is 32.2. The first kappa shape index (κ1) is 22.0. The summed E-state index contributed by atoms with van der Waals surface area (Å²) < 4.78 is 38.7. The smallest absolute Gasteiger partial charge is 0.264 e. The van der Waals surface area contributed by atoms with Crippen LogP contribution in [0, 0.1) is 0 Å². The van der Waals surface area contributed by atoms with Gasteiger partial charge >= 0.3 is 0 Å². The molecule has 162 valence electrons. The Morgan fingerprint density at radius 2 is 1.57 bits per heavy atom. The van der Waals surface area contributed by atoms with Crippen molar-refractivity contribution in [2.24, 2.45) is 0 Å². The highest BCUT2D eigenvalue weighted by Crippen LogP contribution is 2.32. The lowest BCUT2D eigenvalue weighted by atomic mass is 10.2. The topological polar surface area (TPSA) is 76.2 Å². The maximum absolute atomic E-state index is 13.5. The van der Waals surface area contributed by atoms with E-state index in [0.717, 1.165) is 25.7 Å². The van der Waals surface area contributed by atoms with Crippen LogP contribution in [0.3, 0.4) is 0 Å². The Balaban J connectivity index is 1.96. The second kappa shape index (κ2) is 9.84. The van der Waals surface area contributed by atoms with Gasteiger partial charge in [-0.1, -0.05) is 31.0 Å². The maximum atomic E-state index is 13.5. The summed E-state index contributed by atoms with van der Waals surface area (Å²) in [4.78, 5) is 14.8. The number of rotatable bonds is 7. The molecule has 0 bridgehead atoms. The molecule has 1 amide bonds. The van der Waals surface area contributed by atoms with Gasteiger partial charge in [-0.25, -0.2) is 8.42 Å². The number of hydrogen-bond acceptors (Lipinski definition) is 5. The van der Waals surface area contributed by atoms with E-state index >= 15 is 0 Å². The molecule has 0 aliphatic carbocycles. The van der Waals surface area contributed by atoms with Crippen molar-refractivity contribution in [2.75, 3.05) is 38.2 Å². The van der Waals surface area contributed by atoms with Gasteiger partial charge in [0.25, 0.3) is 10.0 Å². The lowest BCUT2D eigenvalue weighted by Crippen LogP contribution is -2.43. The van der Waals surface area contributed by atoms with Crippen molar-refractivity contribution >= 4 is 21.6 Å². The van der Waals surface area contributed by atoms with Crippen LogP contribution in [0.1, 0.15) is 25.7 Å². The van der Waals surface area contributed by atoms with E-state index in [-0.39, 0.29) is 17.3 Å². The zero-order valence-electron chi connectivity index (χ0n) is 17.4. The summed E-state index contributed by atoms with van der Waals surface area (Å²) in [6.07, 6.45) is 4.07. The van der Waals surface area contributed by atoms with Gasteiger partial charge in [-0.15, -0.1) is 0 Å². The fourth-order valence-corrected chi connectivity index (χ4v) is 4.99. The van der Waals surface area contributed by atoms with Gasteiger partial charge in [0.15, 0.2) is 11.5 Å². The molecule has 1 heterocycles. The third-order valence-electron chi connectivity index (χ3n) is 5.22. The van der Waals surface area contributed by atoms with E-state index in [1.165, 1.54) is 30.7 Å². The van der Waals surface area contributed by atoms with Crippen LogP contribution >= 0.6 is 0 Å². The van der Waals surface area contributed by atoms with Crippen LogP contribution in [0.2, 0.25) is 0 Å². The molecule has 0 aromatic heterocycles. The van der Waals surface area contributed by atoms with Gasteiger partial charge < -0.3 is 14.4 Å². The number of carbonyl (C=O) groups is 1. The van der Waals surface area contributed by atoms with Crippen molar-refractivity contribution in [1.29, 1.82) is 0 Å². The second-order valence-corrected chi connectivity index (χ2v) is 9.02. The number of ether oxygens (including phenoxy) is 2. The lowest BCUT2D eigenvalue weighted by molar-refractivity contribution is -0.129. The first-order chi connectivity index (χ1) is 14.5. The van der Waals surface area contributed by atoms with Crippen molar-refractivity contribution in [2.45, 2.75) is 30.6 Å². The molecule has 0 spiro atoms. The summed E-state index contributed by atoms with van der Waals surface area (Å²) in [5, 5.41) is 0. The van der Waals surface area contributed by atoms with E-state index in [9.17, 15) is 13.2 Å². The highest BCUT2D eigenvalue weighted by Gasteiger charge is 2.30. The predicted octanol–water partition coefficient (Wildman–Crippen LogP) is 3.30. The molecule has 2 aromatic carbocycles. The SMILES string of the molecule is COc1ccc(S(=O)(=O)N(CC(=O)N2CCCCCC2)c2ccccc2)cc1OC. The highest BCUT2D eigenvalue weighted by molar-refractivity contribution is 7.92. The number of para-hydroxylation sites is 1. The van der Waals surface area contributed by atoms with Crippen molar-refractivity contribution in [3.05, 3.63) is 48.5 Å². The number of nitrogens with zero attached hydrogens (tertiary/aromatic N) is 2. The standard InChI is InChI=1S/C22H28N2O5S/c1-28-20-13-12-19(16-21(20)29-2)30(26,27)24(18-10-6-5-7-11-18)17-22(25)23-14-8-3-4-9-15-23/h5-7,10-13,16H,3-4,8-9,14-15,17H2,1-2H3. The van der Waals surface area contributed by atoms with Crippen LogP contribution in [-0.4, -0.2) is 53.1 Å². The fourth-order valence-electron chi connectivity index (χ4n) is 3.56. The van der Waals surface area contributed by atoms with E-state index in [1.54, 1.807) is 41.3 Å². The maximum Gasteiger partial charge on any atom is 0.264 e. The number of anilines is 1. The number of likely N-dealkylation sites (tertiary alicyclic amines) is 1. The minimum atomic E-state index is -4.00. The molecule has 1 aliphatic heterocycles. The minimum absolute atomic E-state index is 0.0349. The van der Waals surface area contributed by atoms with E-state index < -0.39 is 10.0 Å². The molecule has 7 nitrogen and oxygen atoms in total. The summed E-state index contributed by atoms with van der Waals surface area (Å²) in [6, 6.07) is 13.1. The molecule has 8 heteroatoms. The Bertz CT molecular complexity index is 955. The van der Waals surface area contributed by atoms with Crippen LogP contribution in [-0.2, 0) is 14.8 Å². The van der Waals surface area contributed by atoms with Crippen LogP contribution in [0.5, 0.6) is 11.5 Å². The number of sulfonamides is 1. The second-order valence-electron chi connectivity index (χ2n) is 7.16. The summed E-state index contributed by atoms with van der Waals surface area (Å²) in [5.74, 6) is 0.554. The van der Waals surface area contributed by atoms with Crippen molar-refractivity contribution in [3.8, 4) is 11.5 Å². The van der Waals surface area contributed by atoms with Gasteiger partial charge in [-0.3, -0.25) is 9.10 Å². The lowest BCUT2D eigenvalue weighted by Gasteiger charge is -2.28. The molecular formula is C22H28N2O5S. The van der Waals surface area contributed by atoms with E-state index in [1.807, 2.05) is 0 Å². The van der Waals surface area contributed by atoms with Gasteiger partial charge in [0.1, 0.15) is 6.54 Å². The zero-order chi connectivity index (χ0) is 21.6. The summed E-state index contributed by atoms with van der Waals surface area (Å²) in [6.45, 7) is 1.08. The van der Waals surface area contributed by atoms with Gasteiger partial charge in [0.2, 0.25) is 5.91 Å². The normalized spacial score (nSPS) is 14.7. The van der Waals surface area contributed by atoms with Crippen molar-refractivity contribution in [3.63, 3.8) is 0 Å².